The van der Waals surface area contributed by atoms with Crippen LogP contribution < -0.4 is 16.4 Å². The molecule has 0 aliphatic rings. The third-order valence-corrected chi connectivity index (χ3v) is 5.04. The van der Waals surface area contributed by atoms with Crippen molar-refractivity contribution in [3.63, 3.8) is 0 Å². The number of amides is 1. The lowest BCUT2D eigenvalue weighted by Crippen LogP contribution is -2.09. The Balaban J connectivity index is 1.54. The number of anilines is 3. The first-order valence-corrected chi connectivity index (χ1v) is 10.3. The van der Waals surface area contributed by atoms with Gasteiger partial charge in [-0.1, -0.05) is 36.4 Å². The number of rotatable bonds is 7. The highest BCUT2D eigenvalue weighted by Crippen LogP contribution is 2.22. The van der Waals surface area contributed by atoms with Crippen molar-refractivity contribution in [1.82, 2.24) is 0 Å². The molecule has 6 heteroatoms. The molecule has 0 radical (unpaired) electrons. The van der Waals surface area contributed by atoms with E-state index in [-0.39, 0.29) is 11.7 Å². The Morgan fingerprint density at radius 2 is 1.86 bits per heavy atom. The monoisotopic (exact) mass is 407 g/mol. The van der Waals surface area contributed by atoms with Gasteiger partial charge in [0.1, 0.15) is 5.82 Å². The SMILES string of the molecule is CSc1ccc(NCc2ccc(/C=C\C(=O)Nc3ccccc3N)cc2)cc1F. The number of para-hydroxylation sites is 2. The lowest BCUT2D eigenvalue weighted by molar-refractivity contribution is -0.111. The highest BCUT2D eigenvalue weighted by molar-refractivity contribution is 7.98. The van der Waals surface area contributed by atoms with Crippen LogP contribution in [-0.4, -0.2) is 12.2 Å². The summed E-state index contributed by atoms with van der Waals surface area (Å²) in [6.45, 7) is 0.579. The van der Waals surface area contributed by atoms with Crippen molar-refractivity contribution >= 4 is 40.8 Å². The van der Waals surface area contributed by atoms with Crippen molar-refractivity contribution in [3.05, 3.63) is 89.8 Å². The lowest BCUT2D eigenvalue weighted by atomic mass is 10.1. The number of nitrogens with one attached hydrogen (secondary N) is 2. The quantitative estimate of drug-likeness (QED) is 0.279. The maximum Gasteiger partial charge on any atom is 0.248 e. The molecule has 0 saturated heterocycles. The third kappa shape index (κ3) is 5.86. The second-order valence-corrected chi connectivity index (χ2v) is 7.20. The largest absolute Gasteiger partial charge is 0.397 e. The zero-order chi connectivity index (χ0) is 20.6. The molecule has 0 aromatic heterocycles. The molecule has 3 rings (SSSR count). The average Bonchev–Trinajstić information content (AvgIpc) is 2.73. The third-order valence-electron chi connectivity index (χ3n) is 4.27. The van der Waals surface area contributed by atoms with Crippen molar-refractivity contribution in [1.29, 1.82) is 0 Å². The van der Waals surface area contributed by atoms with Gasteiger partial charge < -0.3 is 16.4 Å². The van der Waals surface area contributed by atoms with Gasteiger partial charge in [-0.15, -0.1) is 11.8 Å². The van der Waals surface area contributed by atoms with E-state index < -0.39 is 0 Å². The van der Waals surface area contributed by atoms with Crippen LogP contribution in [0.5, 0.6) is 0 Å². The molecule has 3 aromatic carbocycles. The second kappa shape index (κ2) is 9.80. The number of carbonyl (C=O) groups is 1. The Labute approximate surface area is 174 Å². The van der Waals surface area contributed by atoms with E-state index in [9.17, 15) is 9.18 Å². The van der Waals surface area contributed by atoms with E-state index in [1.165, 1.54) is 23.9 Å². The summed E-state index contributed by atoms with van der Waals surface area (Å²) < 4.78 is 13.8. The molecule has 29 heavy (non-hydrogen) atoms. The Kier molecular flexibility index (Phi) is 6.92. The molecule has 3 aromatic rings. The minimum atomic E-state index is -0.246. The van der Waals surface area contributed by atoms with Gasteiger partial charge in [-0.05, 0) is 53.8 Å². The standard InChI is InChI=1S/C23H22FN3OS/c1-29-22-12-11-18(14-19(22)24)26-15-17-8-6-16(7-9-17)10-13-23(28)27-21-5-3-2-4-20(21)25/h2-14,26H,15,25H2,1H3,(H,27,28)/b13-10-. The summed E-state index contributed by atoms with van der Waals surface area (Å²) in [6, 6.07) is 20.0. The average molecular weight is 408 g/mol. The fraction of sp³-hybridized carbons (Fsp3) is 0.0870. The first-order chi connectivity index (χ1) is 14.0. The van der Waals surface area contributed by atoms with Crippen LogP contribution in [0.25, 0.3) is 6.08 Å². The summed E-state index contributed by atoms with van der Waals surface area (Å²) >= 11 is 1.38. The van der Waals surface area contributed by atoms with E-state index in [1.54, 1.807) is 24.3 Å². The number of carbonyl (C=O) groups excluding carboxylic acids is 1. The Morgan fingerprint density at radius 3 is 2.55 bits per heavy atom. The van der Waals surface area contributed by atoms with Gasteiger partial charge in [0.15, 0.2) is 0 Å². The van der Waals surface area contributed by atoms with Crippen LogP contribution in [0.3, 0.4) is 0 Å². The smallest absolute Gasteiger partial charge is 0.248 e. The summed E-state index contributed by atoms with van der Waals surface area (Å²) in [6.07, 6.45) is 5.06. The first kappa shape index (κ1) is 20.5. The summed E-state index contributed by atoms with van der Waals surface area (Å²) in [5, 5.41) is 5.96. The zero-order valence-corrected chi connectivity index (χ0v) is 16.8. The predicted octanol–water partition coefficient (Wildman–Crippen LogP) is 5.39. The molecule has 0 atom stereocenters. The topological polar surface area (TPSA) is 67.2 Å². The van der Waals surface area contributed by atoms with E-state index in [1.807, 2.05) is 48.7 Å². The fourth-order valence-electron chi connectivity index (χ4n) is 2.68. The minimum Gasteiger partial charge on any atom is -0.397 e. The summed E-state index contributed by atoms with van der Waals surface area (Å²) in [7, 11) is 0. The van der Waals surface area contributed by atoms with Gasteiger partial charge in [0.25, 0.3) is 0 Å². The molecule has 0 heterocycles. The number of halogens is 1. The van der Waals surface area contributed by atoms with Gasteiger partial charge in [0, 0.05) is 23.2 Å². The Morgan fingerprint density at radius 1 is 1.10 bits per heavy atom. The molecular weight excluding hydrogens is 385 g/mol. The molecule has 4 nitrogen and oxygen atoms in total. The first-order valence-electron chi connectivity index (χ1n) is 9.05. The predicted molar refractivity (Wildman–Crippen MR) is 120 cm³/mol. The van der Waals surface area contributed by atoms with Crippen LogP contribution in [0.2, 0.25) is 0 Å². The molecular formula is C23H22FN3OS. The normalized spacial score (nSPS) is 10.8. The zero-order valence-electron chi connectivity index (χ0n) is 16.0. The van der Waals surface area contributed by atoms with E-state index in [4.69, 9.17) is 5.73 Å². The lowest BCUT2D eigenvalue weighted by Gasteiger charge is -2.08. The molecule has 0 saturated carbocycles. The summed E-state index contributed by atoms with van der Waals surface area (Å²) in [5.41, 5.74) is 9.62. The highest BCUT2D eigenvalue weighted by Gasteiger charge is 2.03. The summed E-state index contributed by atoms with van der Waals surface area (Å²) in [4.78, 5) is 12.7. The number of thioether (sulfide) groups is 1. The number of nitrogens with two attached hydrogens (primary N) is 1. The molecule has 0 aliphatic heterocycles. The molecule has 4 N–H and O–H groups in total. The van der Waals surface area contributed by atoms with Crippen LogP contribution in [0.1, 0.15) is 11.1 Å². The van der Waals surface area contributed by atoms with Crippen LogP contribution in [-0.2, 0) is 11.3 Å². The minimum absolute atomic E-state index is 0.224. The van der Waals surface area contributed by atoms with Crippen LogP contribution in [0.4, 0.5) is 21.5 Å². The number of hydrogen-bond donors (Lipinski definition) is 3. The molecule has 0 aliphatic carbocycles. The van der Waals surface area contributed by atoms with Gasteiger partial charge >= 0.3 is 0 Å². The van der Waals surface area contributed by atoms with E-state index in [2.05, 4.69) is 10.6 Å². The molecule has 0 fully saturated rings. The number of benzene rings is 3. The molecule has 0 bridgehead atoms. The molecule has 148 valence electrons. The van der Waals surface area contributed by atoms with Gasteiger partial charge in [0.05, 0.1) is 11.4 Å². The van der Waals surface area contributed by atoms with E-state index in [0.717, 1.165) is 16.8 Å². The van der Waals surface area contributed by atoms with Crippen molar-refractivity contribution in [2.45, 2.75) is 11.4 Å². The number of nitrogen functional groups attached to an aromatic ring is 1. The van der Waals surface area contributed by atoms with Crippen LogP contribution >= 0.6 is 11.8 Å². The van der Waals surface area contributed by atoms with Crippen molar-refractivity contribution in [3.8, 4) is 0 Å². The van der Waals surface area contributed by atoms with Gasteiger partial charge in [-0.3, -0.25) is 4.79 Å². The molecule has 0 unspecified atom stereocenters. The van der Waals surface area contributed by atoms with E-state index >= 15 is 0 Å². The van der Waals surface area contributed by atoms with Crippen molar-refractivity contribution in [2.75, 3.05) is 22.6 Å². The van der Waals surface area contributed by atoms with Gasteiger partial charge in [-0.25, -0.2) is 4.39 Å². The number of hydrogen-bond acceptors (Lipinski definition) is 4. The van der Waals surface area contributed by atoms with Gasteiger partial charge in [-0.2, -0.15) is 0 Å². The molecule has 1 amide bonds. The van der Waals surface area contributed by atoms with Crippen LogP contribution in [0, 0.1) is 5.82 Å². The van der Waals surface area contributed by atoms with Crippen molar-refractivity contribution in [2.24, 2.45) is 0 Å². The van der Waals surface area contributed by atoms with E-state index in [0.29, 0.717) is 22.8 Å². The maximum atomic E-state index is 13.8. The molecule has 0 spiro atoms. The van der Waals surface area contributed by atoms with Crippen molar-refractivity contribution < 1.29 is 9.18 Å². The Bertz CT molecular complexity index is 1020. The van der Waals surface area contributed by atoms with Gasteiger partial charge in [0.2, 0.25) is 5.91 Å². The second-order valence-electron chi connectivity index (χ2n) is 6.35. The fourth-order valence-corrected chi connectivity index (χ4v) is 3.14. The van der Waals surface area contributed by atoms with Crippen LogP contribution in [0.15, 0.2) is 77.7 Å². The highest BCUT2D eigenvalue weighted by atomic mass is 32.2. The summed E-state index contributed by atoms with van der Waals surface area (Å²) in [5.74, 6) is -0.470. The maximum absolute atomic E-state index is 13.8. The Hall–Kier alpha value is -3.25.